The Balaban J connectivity index is 1.09. The van der Waals surface area contributed by atoms with Crippen molar-refractivity contribution in [2.24, 2.45) is 0 Å². The molecule has 0 amide bonds. The summed E-state index contributed by atoms with van der Waals surface area (Å²) in [6, 6.07) is 41.2. The fourth-order valence-electron chi connectivity index (χ4n) is 5.48. The van der Waals surface area contributed by atoms with Gasteiger partial charge in [0.15, 0.2) is 0 Å². The van der Waals surface area contributed by atoms with Crippen molar-refractivity contribution < 1.29 is 26.3 Å². The number of halogens is 2. The lowest BCUT2D eigenvalue weighted by atomic mass is 9.93. The molecular weight excluding hydrogens is 723 g/mol. The Morgan fingerprint density at radius 3 is 1.33 bits per heavy atom. The third-order valence-electron chi connectivity index (χ3n) is 8.72. The van der Waals surface area contributed by atoms with Gasteiger partial charge in [-0.15, -0.1) is 11.6 Å². The first kappa shape index (κ1) is 36.2. The molecule has 6 rings (SSSR count). The van der Waals surface area contributed by atoms with E-state index in [0.29, 0.717) is 34.6 Å². The van der Waals surface area contributed by atoms with Crippen LogP contribution in [0.1, 0.15) is 31.4 Å². The molecule has 6 aromatic rings. The zero-order valence-electron chi connectivity index (χ0n) is 27.8. The summed E-state index contributed by atoms with van der Waals surface area (Å²) in [7, 11) is -7.35. The largest absolute Gasteiger partial charge is 0.483 e. The lowest BCUT2D eigenvalue weighted by molar-refractivity contribution is 0.0825. The van der Waals surface area contributed by atoms with E-state index < -0.39 is 25.3 Å². The minimum absolute atomic E-state index is 0.175. The van der Waals surface area contributed by atoms with Crippen LogP contribution in [0.3, 0.4) is 0 Å². The van der Waals surface area contributed by atoms with Crippen molar-refractivity contribution in [1.29, 1.82) is 0 Å². The molecule has 6 nitrogen and oxygen atoms in total. The smallest absolute Gasteiger partial charge is 0.206 e. The van der Waals surface area contributed by atoms with Crippen LogP contribution in [0.4, 0.5) is 0 Å². The van der Waals surface area contributed by atoms with E-state index in [1.807, 2.05) is 62.4 Å². The molecule has 1 unspecified atom stereocenters. The third kappa shape index (κ3) is 8.00. The highest BCUT2D eigenvalue weighted by Crippen LogP contribution is 2.34. The second-order valence-electron chi connectivity index (χ2n) is 12.1. The van der Waals surface area contributed by atoms with Crippen molar-refractivity contribution in [1.82, 2.24) is 0 Å². The Morgan fingerprint density at radius 2 is 0.902 bits per heavy atom. The lowest BCUT2D eigenvalue weighted by Crippen LogP contribution is -2.28. The van der Waals surface area contributed by atoms with Crippen molar-refractivity contribution in [3.63, 3.8) is 0 Å². The zero-order valence-corrected chi connectivity index (χ0v) is 30.9. The molecule has 0 radical (unpaired) electrons. The third-order valence-corrected chi connectivity index (χ3v) is 12.8. The molecular formula is C41H34Cl2O6S2. The van der Waals surface area contributed by atoms with Gasteiger partial charge in [0.25, 0.3) is 0 Å². The second-order valence-corrected chi connectivity index (χ2v) is 16.7. The normalized spacial score (nSPS) is 12.9. The molecule has 0 heterocycles. The van der Waals surface area contributed by atoms with Gasteiger partial charge in [0.05, 0.1) is 19.6 Å². The van der Waals surface area contributed by atoms with Crippen LogP contribution in [-0.4, -0.2) is 16.8 Å². The summed E-state index contributed by atoms with van der Waals surface area (Å²) in [6.45, 7) is 4.01. The summed E-state index contributed by atoms with van der Waals surface area (Å²) < 4.78 is 64.7. The number of rotatable bonds is 12. The number of sulfone groups is 2. The van der Waals surface area contributed by atoms with Gasteiger partial charge in [0.1, 0.15) is 22.8 Å². The topological polar surface area (TPSA) is 86.7 Å². The van der Waals surface area contributed by atoms with Gasteiger partial charge in [-0.1, -0.05) is 67.1 Å². The average molecular weight is 758 g/mol. The van der Waals surface area contributed by atoms with Gasteiger partial charge < -0.3 is 9.47 Å². The predicted molar refractivity (Wildman–Crippen MR) is 201 cm³/mol. The molecule has 0 bridgehead atoms. The number of hydrogen-bond acceptors (Lipinski definition) is 6. The van der Waals surface area contributed by atoms with Crippen LogP contribution in [0, 0.1) is 0 Å². The summed E-state index contributed by atoms with van der Waals surface area (Å²) in [5, 5.41) is 0.472. The van der Waals surface area contributed by atoms with Crippen LogP contribution < -0.4 is 9.47 Å². The van der Waals surface area contributed by atoms with Crippen LogP contribution >= 0.6 is 23.2 Å². The van der Waals surface area contributed by atoms with Gasteiger partial charge in [-0.05, 0) is 133 Å². The molecule has 51 heavy (non-hydrogen) atoms. The van der Waals surface area contributed by atoms with Crippen LogP contribution in [0.5, 0.6) is 17.2 Å². The number of alkyl halides is 1. The molecule has 1 atom stereocenters. The Labute approximate surface area is 309 Å². The van der Waals surface area contributed by atoms with Gasteiger partial charge in [0.2, 0.25) is 19.7 Å². The molecule has 0 saturated carbocycles. The second kappa shape index (κ2) is 14.9. The quantitative estimate of drug-likeness (QED) is 0.116. The molecule has 0 N–H and O–H groups in total. The van der Waals surface area contributed by atoms with Crippen LogP contribution in [0.25, 0.3) is 11.1 Å². The molecule has 0 aromatic heterocycles. The molecule has 0 aliphatic rings. The summed E-state index contributed by atoms with van der Waals surface area (Å²) >= 11 is 11.8. The highest BCUT2D eigenvalue weighted by atomic mass is 35.5. The van der Waals surface area contributed by atoms with E-state index in [0.717, 1.165) is 22.3 Å². The molecule has 6 aromatic carbocycles. The van der Waals surface area contributed by atoms with Gasteiger partial charge in [0, 0.05) is 10.9 Å². The van der Waals surface area contributed by atoms with Crippen molar-refractivity contribution in [3.05, 3.63) is 162 Å². The minimum Gasteiger partial charge on any atom is -0.483 e. The first-order chi connectivity index (χ1) is 24.4. The van der Waals surface area contributed by atoms with Crippen molar-refractivity contribution in [2.75, 3.05) is 0 Å². The van der Waals surface area contributed by atoms with Crippen molar-refractivity contribution in [3.8, 4) is 28.4 Å². The van der Waals surface area contributed by atoms with Crippen LogP contribution in [-0.2, 0) is 31.2 Å². The van der Waals surface area contributed by atoms with Crippen LogP contribution in [0.2, 0.25) is 5.02 Å². The van der Waals surface area contributed by atoms with Crippen molar-refractivity contribution >= 4 is 42.9 Å². The molecule has 0 spiro atoms. The SMILES string of the molecule is CCC(C)(Oc1ccc(-c2ccc(Oc3ccc(S(=O)(=O)c4ccc(CCl)cc4)cc3)cc2)cc1)c1ccc(S(=O)(=O)c2ccc(Cl)cc2)cc1. The fourth-order valence-corrected chi connectivity index (χ4v) is 8.31. The summed E-state index contributed by atoms with van der Waals surface area (Å²) in [5.41, 5.74) is 2.97. The molecule has 0 saturated heterocycles. The summed E-state index contributed by atoms with van der Waals surface area (Å²) in [5.74, 6) is 2.12. The fraction of sp³-hybridized carbons (Fsp3) is 0.122. The Bertz CT molecular complexity index is 2330. The average Bonchev–Trinajstić information content (AvgIpc) is 3.16. The first-order valence-corrected chi connectivity index (χ1v) is 20.0. The highest BCUT2D eigenvalue weighted by Gasteiger charge is 2.28. The maximum atomic E-state index is 13.1. The molecule has 0 aliphatic carbocycles. The Kier molecular flexibility index (Phi) is 10.6. The highest BCUT2D eigenvalue weighted by molar-refractivity contribution is 7.91. The van der Waals surface area contributed by atoms with E-state index in [-0.39, 0.29) is 19.6 Å². The number of ether oxygens (including phenoxy) is 2. The number of benzene rings is 6. The Hall–Kier alpha value is -4.60. The molecule has 10 heteroatoms. The van der Waals surface area contributed by atoms with Gasteiger partial charge in [-0.25, -0.2) is 16.8 Å². The summed E-state index contributed by atoms with van der Waals surface area (Å²) in [6.07, 6.45) is 0.654. The van der Waals surface area contributed by atoms with E-state index in [1.54, 1.807) is 72.8 Å². The van der Waals surface area contributed by atoms with E-state index in [4.69, 9.17) is 32.7 Å². The van der Waals surface area contributed by atoms with Gasteiger partial charge in [-0.3, -0.25) is 0 Å². The standard InChI is InChI=1S/C41H34Cl2O6S2/c1-3-41(2,32-10-22-38(23-11-32)51(46,47)39-24-12-33(43)13-25-39)49-36-16-8-31(9-17-36)30-6-14-34(15-7-30)48-35-18-26-40(27-19-35)50(44,45)37-20-4-29(28-42)5-21-37/h4-27H,3,28H2,1-2H3. The maximum Gasteiger partial charge on any atom is 0.206 e. The van der Waals surface area contributed by atoms with Crippen LogP contribution in [0.15, 0.2) is 165 Å². The number of hydrogen-bond donors (Lipinski definition) is 0. The van der Waals surface area contributed by atoms with E-state index in [2.05, 4.69) is 0 Å². The van der Waals surface area contributed by atoms with Gasteiger partial charge >= 0.3 is 0 Å². The van der Waals surface area contributed by atoms with Gasteiger partial charge in [-0.2, -0.15) is 0 Å². The molecule has 0 fully saturated rings. The minimum atomic E-state index is -3.68. The molecule has 0 aliphatic heterocycles. The monoisotopic (exact) mass is 756 g/mol. The van der Waals surface area contributed by atoms with E-state index >= 15 is 0 Å². The lowest BCUT2D eigenvalue weighted by Gasteiger charge is -2.30. The Morgan fingerprint density at radius 1 is 0.529 bits per heavy atom. The maximum absolute atomic E-state index is 13.1. The van der Waals surface area contributed by atoms with Crippen molar-refractivity contribution in [2.45, 2.75) is 51.3 Å². The summed E-state index contributed by atoms with van der Waals surface area (Å²) in [4.78, 5) is 0.759. The van der Waals surface area contributed by atoms with E-state index in [1.165, 1.54) is 24.3 Å². The zero-order chi connectivity index (χ0) is 36.2. The molecule has 260 valence electrons. The first-order valence-electron chi connectivity index (χ1n) is 16.1. The predicted octanol–water partition coefficient (Wildman–Crippen LogP) is 10.9. The van der Waals surface area contributed by atoms with E-state index in [9.17, 15) is 16.8 Å².